The van der Waals surface area contributed by atoms with E-state index in [2.05, 4.69) is 21.3 Å². The van der Waals surface area contributed by atoms with Crippen molar-refractivity contribution >= 4 is 29.6 Å². The van der Waals surface area contributed by atoms with E-state index in [9.17, 15) is 24.0 Å². The van der Waals surface area contributed by atoms with Gasteiger partial charge < -0.3 is 31.7 Å². The first-order chi connectivity index (χ1) is 16.5. The number of rotatable bonds is 14. The number of amides is 4. The average Bonchev–Trinajstić information content (AvgIpc) is 3.26. The highest BCUT2D eigenvalue weighted by Crippen LogP contribution is 2.30. The Hall–Kier alpha value is -2.69. The Kier molecular flexibility index (Phi) is 12.7. The zero-order valence-electron chi connectivity index (χ0n) is 21.7. The fourth-order valence-electron chi connectivity index (χ4n) is 4.26. The molecule has 35 heavy (non-hydrogen) atoms. The van der Waals surface area contributed by atoms with Crippen molar-refractivity contribution in [2.24, 2.45) is 11.7 Å². The molecule has 0 aromatic rings. The molecule has 4 amide bonds. The van der Waals surface area contributed by atoms with Crippen molar-refractivity contribution in [2.75, 3.05) is 13.7 Å². The molecule has 11 nitrogen and oxygen atoms in total. The van der Waals surface area contributed by atoms with Crippen LogP contribution in [0.2, 0.25) is 0 Å². The van der Waals surface area contributed by atoms with Gasteiger partial charge in [-0.15, -0.1) is 0 Å². The second-order valence-corrected chi connectivity index (χ2v) is 9.73. The van der Waals surface area contributed by atoms with Gasteiger partial charge in [-0.3, -0.25) is 19.2 Å². The van der Waals surface area contributed by atoms with Gasteiger partial charge in [-0.2, -0.15) is 0 Å². The van der Waals surface area contributed by atoms with Crippen LogP contribution in [0.3, 0.4) is 0 Å². The quantitative estimate of drug-likeness (QED) is 0.169. The van der Waals surface area contributed by atoms with Crippen LogP contribution in [-0.2, 0) is 28.7 Å². The lowest BCUT2D eigenvalue weighted by atomic mass is 9.97. The summed E-state index contributed by atoms with van der Waals surface area (Å²) in [5.41, 5.74) is 4.49. The summed E-state index contributed by atoms with van der Waals surface area (Å²) in [6.45, 7) is 7.15. The largest absolute Gasteiger partial charge is 0.467 e. The van der Waals surface area contributed by atoms with Crippen LogP contribution in [0.25, 0.3) is 0 Å². The van der Waals surface area contributed by atoms with Gasteiger partial charge in [0.25, 0.3) is 0 Å². The van der Waals surface area contributed by atoms with Crippen LogP contribution in [-0.4, -0.2) is 66.9 Å². The Bertz CT molecular complexity index is 751. The maximum Gasteiger partial charge on any atom is 0.331 e. The number of hydrogen-bond acceptors (Lipinski definition) is 7. The van der Waals surface area contributed by atoms with E-state index in [-0.39, 0.29) is 11.8 Å². The van der Waals surface area contributed by atoms with Gasteiger partial charge in [-0.25, -0.2) is 4.79 Å². The Morgan fingerprint density at radius 3 is 2.00 bits per heavy atom. The number of carbonyl (C=O) groups excluding carboxylic acids is 5. The molecule has 0 radical (unpaired) electrons. The Balaban J connectivity index is 2.89. The molecule has 0 aliphatic heterocycles. The summed E-state index contributed by atoms with van der Waals surface area (Å²) in [6, 6.07) is -2.63. The highest BCUT2D eigenvalue weighted by atomic mass is 16.5. The number of hydrogen-bond donors (Lipinski definition) is 5. The van der Waals surface area contributed by atoms with E-state index in [0.29, 0.717) is 45.1 Å². The van der Waals surface area contributed by atoms with Crippen molar-refractivity contribution in [3.63, 3.8) is 0 Å². The van der Waals surface area contributed by atoms with Gasteiger partial charge in [0.05, 0.1) is 7.11 Å². The summed E-state index contributed by atoms with van der Waals surface area (Å²) in [7, 11) is 1.28. The summed E-state index contributed by atoms with van der Waals surface area (Å²) < 4.78 is 4.88. The highest BCUT2D eigenvalue weighted by molar-refractivity contribution is 5.95. The topological polar surface area (TPSA) is 169 Å². The highest BCUT2D eigenvalue weighted by Gasteiger charge is 2.44. The van der Waals surface area contributed by atoms with Crippen molar-refractivity contribution in [1.82, 2.24) is 21.3 Å². The van der Waals surface area contributed by atoms with Gasteiger partial charge in [-0.05, 0) is 57.9 Å². The van der Waals surface area contributed by atoms with Gasteiger partial charge in [0.1, 0.15) is 23.7 Å². The Morgan fingerprint density at radius 2 is 1.49 bits per heavy atom. The summed E-state index contributed by atoms with van der Waals surface area (Å²) in [4.78, 5) is 62.6. The number of nitrogens with one attached hydrogen (secondary N) is 4. The van der Waals surface area contributed by atoms with Crippen molar-refractivity contribution in [3.8, 4) is 0 Å². The molecule has 0 aromatic carbocycles. The second-order valence-electron chi connectivity index (χ2n) is 9.73. The first kappa shape index (κ1) is 30.3. The molecule has 0 bridgehead atoms. The summed E-state index contributed by atoms with van der Waals surface area (Å²) in [6.07, 6.45) is 4.53. The van der Waals surface area contributed by atoms with E-state index < -0.39 is 47.4 Å². The van der Waals surface area contributed by atoms with Crippen molar-refractivity contribution in [2.45, 2.75) is 103 Å². The molecule has 1 saturated carbocycles. The van der Waals surface area contributed by atoms with Crippen LogP contribution >= 0.6 is 0 Å². The van der Waals surface area contributed by atoms with E-state index in [1.165, 1.54) is 21.0 Å². The molecule has 11 heteroatoms. The fourth-order valence-corrected chi connectivity index (χ4v) is 4.26. The maximum absolute atomic E-state index is 13.0. The molecule has 1 rings (SSSR count). The number of esters is 1. The lowest BCUT2D eigenvalue weighted by Crippen LogP contribution is -2.60. The van der Waals surface area contributed by atoms with E-state index >= 15 is 0 Å². The summed E-state index contributed by atoms with van der Waals surface area (Å²) >= 11 is 0. The molecule has 1 aliphatic rings. The van der Waals surface area contributed by atoms with Crippen molar-refractivity contribution in [3.05, 3.63) is 0 Å². The van der Waals surface area contributed by atoms with Gasteiger partial charge in [-0.1, -0.05) is 26.7 Å². The number of ether oxygens (including phenoxy) is 1. The van der Waals surface area contributed by atoms with Gasteiger partial charge >= 0.3 is 5.97 Å². The maximum atomic E-state index is 13.0. The number of methoxy groups -OCH3 is 1. The number of carbonyl (C=O) groups is 5. The monoisotopic (exact) mass is 497 g/mol. The zero-order valence-corrected chi connectivity index (χ0v) is 21.7. The molecule has 0 heterocycles. The Labute approximate surface area is 208 Å². The fraction of sp³-hybridized carbons (Fsp3) is 0.792. The van der Waals surface area contributed by atoms with Crippen LogP contribution in [0.1, 0.15) is 79.1 Å². The molecule has 6 N–H and O–H groups in total. The first-order valence-corrected chi connectivity index (χ1v) is 12.4. The molecule has 0 spiro atoms. The predicted octanol–water partition coefficient (Wildman–Crippen LogP) is 0.258. The standard InChI is InChI=1S/C24H43N5O6/c1-15(2)14-19(27-17(4)30)22(33)28-18(10-6-9-13-25)21(32)26-16(3)20(31)29-24(23(34)35-5)11-7-8-12-24/h15-16,18-19H,6-14,25H2,1-5H3,(H,26,32)(H,27,30)(H,28,33)(H,29,31)/t16-,18+,19-/m0/s1. The molecular weight excluding hydrogens is 454 g/mol. The number of nitrogens with two attached hydrogens (primary N) is 1. The molecule has 200 valence electrons. The third kappa shape index (κ3) is 9.83. The molecule has 0 aromatic heterocycles. The van der Waals surface area contributed by atoms with Crippen LogP contribution in [0.15, 0.2) is 0 Å². The van der Waals surface area contributed by atoms with Crippen molar-refractivity contribution in [1.29, 1.82) is 0 Å². The van der Waals surface area contributed by atoms with E-state index in [0.717, 1.165) is 12.8 Å². The molecule has 1 fully saturated rings. The number of unbranched alkanes of at least 4 members (excludes halogenated alkanes) is 1. The minimum atomic E-state index is -1.08. The van der Waals surface area contributed by atoms with Gasteiger partial charge in [0, 0.05) is 6.92 Å². The van der Waals surface area contributed by atoms with Crippen LogP contribution < -0.4 is 27.0 Å². The molecule has 0 saturated heterocycles. The average molecular weight is 498 g/mol. The zero-order chi connectivity index (χ0) is 26.6. The molecule has 3 atom stereocenters. The van der Waals surface area contributed by atoms with E-state index in [1.54, 1.807) is 0 Å². The third-order valence-corrected chi connectivity index (χ3v) is 6.13. The van der Waals surface area contributed by atoms with Crippen molar-refractivity contribution < 1.29 is 28.7 Å². The lowest BCUT2D eigenvalue weighted by Gasteiger charge is -2.29. The molecule has 0 unspecified atom stereocenters. The Morgan fingerprint density at radius 1 is 0.886 bits per heavy atom. The van der Waals surface area contributed by atoms with Gasteiger partial charge in [0.15, 0.2) is 0 Å². The lowest BCUT2D eigenvalue weighted by molar-refractivity contribution is -0.151. The van der Waals surface area contributed by atoms with Crippen LogP contribution in [0.4, 0.5) is 0 Å². The van der Waals surface area contributed by atoms with Gasteiger partial charge in [0.2, 0.25) is 23.6 Å². The smallest absolute Gasteiger partial charge is 0.331 e. The predicted molar refractivity (Wildman–Crippen MR) is 131 cm³/mol. The normalized spacial score (nSPS) is 17.1. The second kappa shape index (κ2) is 14.7. The van der Waals surface area contributed by atoms with Crippen LogP contribution in [0.5, 0.6) is 0 Å². The van der Waals surface area contributed by atoms with Crippen LogP contribution in [0, 0.1) is 5.92 Å². The minimum absolute atomic E-state index is 0.142. The molecular formula is C24H43N5O6. The SMILES string of the molecule is COC(=O)C1(NC(=O)[C@H](C)NC(=O)[C@@H](CCCCN)NC(=O)[C@H](CC(C)C)NC(C)=O)CCCC1. The molecule has 1 aliphatic carbocycles. The third-order valence-electron chi connectivity index (χ3n) is 6.13. The summed E-state index contributed by atoms with van der Waals surface area (Å²) in [5.74, 6) is -2.19. The first-order valence-electron chi connectivity index (χ1n) is 12.4. The van der Waals surface area contributed by atoms with E-state index in [4.69, 9.17) is 10.5 Å². The van der Waals surface area contributed by atoms with E-state index in [1.807, 2.05) is 13.8 Å². The minimum Gasteiger partial charge on any atom is -0.467 e. The summed E-state index contributed by atoms with van der Waals surface area (Å²) in [5, 5.41) is 10.8.